The smallest absolute Gasteiger partial charge is 0.293 e. The fraction of sp³-hybridized carbons (Fsp3) is 0.133. The molecule has 2 aromatic rings. The van der Waals surface area contributed by atoms with Crippen molar-refractivity contribution in [2.45, 2.75) is 13.0 Å². The van der Waals surface area contributed by atoms with E-state index in [1.165, 1.54) is 0 Å². The number of carbonyl (C=O) groups is 2. The lowest BCUT2D eigenvalue weighted by Crippen LogP contribution is -2.44. The van der Waals surface area contributed by atoms with Crippen molar-refractivity contribution in [1.29, 1.82) is 0 Å². The minimum absolute atomic E-state index is 0.177. The molecule has 0 radical (unpaired) electrons. The molecule has 0 saturated carbocycles. The lowest BCUT2D eigenvalue weighted by molar-refractivity contribution is -0.705. The summed E-state index contributed by atoms with van der Waals surface area (Å²) >= 11 is 3.34. The van der Waals surface area contributed by atoms with E-state index in [9.17, 15) is 9.59 Å². The Kier molecular flexibility index (Phi) is 4.70. The maximum atomic E-state index is 12.2. The highest BCUT2D eigenvalue weighted by molar-refractivity contribution is 9.10. The number of anilines is 1. The largest absolute Gasteiger partial charge is 0.365 e. The van der Waals surface area contributed by atoms with Crippen molar-refractivity contribution in [1.82, 2.24) is 0 Å². The van der Waals surface area contributed by atoms with Gasteiger partial charge in [-0.05, 0) is 30.3 Å². The third kappa shape index (κ3) is 3.88. The van der Waals surface area contributed by atoms with E-state index in [1.807, 2.05) is 12.1 Å². The maximum absolute atomic E-state index is 12.2. The number of rotatable bonds is 4. The summed E-state index contributed by atoms with van der Waals surface area (Å²) in [5, 5.41) is 2.82. The Morgan fingerprint density at radius 1 is 1.24 bits per heavy atom. The van der Waals surface area contributed by atoms with Crippen molar-refractivity contribution in [2.24, 2.45) is 5.73 Å². The number of hydrogen-bond acceptors (Lipinski definition) is 2. The number of nitrogens with zero attached hydrogens (tertiary/aromatic N) is 1. The third-order valence-electron chi connectivity index (χ3n) is 3.05. The highest BCUT2D eigenvalue weighted by Gasteiger charge is 2.22. The predicted octanol–water partition coefficient (Wildman–Crippen LogP) is 2.04. The Bertz CT molecular complexity index is 671. The summed E-state index contributed by atoms with van der Waals surface area (Å²) in [6, 6.07) is 10.1. The number of hydrogen-bond donors (Lipinski definition) is 2. The SMILES string of the molecule is C[C@@H](C(=O)Nc1ccc(Br)cc1)[n+]1cccc(C(N)=O)c1. The normalized spacial score (nSPS) is 11.7. The quantitative estimate of drug-likeness (QED) is 0.829. The first kappa shape index (κ1) is 15.2. The van der Waals surface area contributed by atoms with Crippen LogP contribution in [0.3, 0.4) is 0 Å². The Labute approximate surface area is 130 Å². The van der Waals surface area contributed by atoms with Gasteiger partial charge in [0.15, 0.2) is 12.4 Å². The van der Waals surface area contributed by atoms with Crippen molar-refractivity contribution < 1.29 is 14.2 Å². The van der Waals surface area contributed by atoms with Crippen molar-refractivity contribution in [3.63, 3.8) is 0 Å². The second-order valence-electron chi connectivity index (χ2n) is 4.58. The number of benzene rings is 1. The molecule has 1 heterocycles. The molecule has 0 aliphatic carbocycles. The fourth-order valence-electron chi connectivity index (χ4n) is 1.79. The molecule has 0 bridgehead atoms. The zero-order valence-corrected chi connectivity index (χ0v) is 13.0. The van der Waals surface area contributed by atoms with E-state index in [0.29, 0.717) is 11.3 Å². The first-order chi connectivity index (χ1) is 9.97. The molecule has 3 N–H and O–H groups in total. The fourth-order valence-corrected chi connectivity index (χ4v) is 2.06. The van der Waals surface area contributed by atoms with Gasteiger partial charge >= 0.3 is 0 Å². The van der Waals surface area contributed by atoms with E-state index < -0.39 is 11.9 Å². The molecule has 1 aromatic carbocycles. The molecule has 2 rings (SSSR count). The van der Waals surface area contributed by atoms with Gasteiger partial charge in [0.1, 0.15) is 5.56 Å². The van der Waals surface area contributed by atoms with Crippen molar-refractivity contribution in [2.75, 3.05) is 5.32 Å². The van der Waals surface area contributed by atoms with Crippen LogP contribution in [0.4, 0.5) is 5.69 Å². The summed E-state index contributed by atoms with van der Waals surface area (Å²) in [5.41, 5.74) is 6.31. The van der Waals surface area contributed by atoms with E-state index in [0.717, 1.165) is 4.47 Å². The molecule has 0 unspecified atom stereocenters. The van der Waals surface area contributed by atoms with Crippen molar-refractivity contribution in [3.05, 3.63) is 58.8 Å². The van der Waals surface area contributed by atoms with Crippen LogP contribution in [-0.2, 0) is 4.79 Å². The second kappa shape index (κ2) is 6.49. The van der Waals surface area contributed by atoms with E-state index in [4.69, 9.17) is 5.73 Å². The minimum atomic E-state index is -0.523. The Morgan fingerprint density at radius 3 is 2.52 bits per heavy atom. The second-order valence-corrected chi connectivity index (χ2v) is 5.49. The molecular formula is C15H15BrN3O2+. The molecular weight excluding hydrogens is 334 g/mol. The van der Waals surface area contributed by atoms with Crippen LogP contribution in [0.1, 0.15) is 23.3 Å². The number of amides is 2. The van der Waals surface area contributed by atoms with Gasteiger partial charge < -0.3 is 11.1 Å². The van der Waals surface area contributed by atoms with Gasteiger partial charge in [-0.2, -0.15) is 4.57 Å². The zero-order chi connectivity index (χ0) is 15.4. The molecule has 0 aliphatic rings. The monoisotopic (exact) mass is 348 g/mol. The summed E-state index contributed by atoms with van der Waals surface area (Å²) in [6.07, 6.45) is 3.28. The van der Waals surface area contributed by atoms with Crippen LogP contribution >= 0.6 is 15.9 Å². The van der Waals surface area contributed by atoms with Gasteiger partial charge in [-0.15, -0.1) is 0 Å². The molecule has 0 spiro atoms. The van der Waals surface area contributed by atoms with E-state index in [-0.39, 0.29) is 5.91 Å². The van der Waals surface area contributed by atoms with Gasteiger partial charge in [-0.1, -0.05) is 15.9 Å². The number of nitrogens with one attached hydrogen (secondary N) is 1. The van der Waals surface area contributed by atoms with Crippen LogP contribution in [0.25, 0.3) is 0 Å². The number of nitrogens with two attached hydrogens (primary N) is 1. The van der Waals surface area contributed by atoms with Crippen LogP contribution in [-0.4, -0.2) is 11.8 Å². The molecule has 21 heavy (non-hydrogen) atoms. The van der Waals surface area contributed by atoms with Gasteiger partial charge in [0, 0.05) is 23.2 Å². The molecule has 5 nitrogen and oxygen atoms in total. The molecule has 6 heteroatoms. The van der Waals surface area contributed by atoms with Crippen LogP contribution in [0, 0.1) is 0 Å². The lowest BCUT2D eigenvalue weighted by Gasteiger charge is -2.09. The predicted molar refractivity (Wildman–Crippen MR) is 82.6 cm³/mol. The zero-order valence-electron chi connectivity index (χ0n) is 11.4. The minimum Gasteiger partial charge on any atom is -0.365 e. The molecule has 1 atom stereocenters. The number of carbonyl (C=O) groups excluding carboxylic acids is 2. The van der Waals surface area contributed by atoms with Crippen LogP contribution < -0.4 is 15.6 Å². The Morgan fingerprint density at radius 2 is 1.90 bits per heavy atom. The van der Waals surface area contributed by atoms with Crippen LogP contribution in [0.2, 0.25) is 0 Å². The van der Waals surface area contributed by atoms with Crippen molar-refractivity contribution >= 4 is 33.4 Å². The van der Waals surface area contributed by atoms with Gasteiger partial charge in [-0.3, -0.25) is 9.59 Å². The van der Waals surface area contributed by atoms with Crippen molar-refractivity contribution in [3.8, 4) is 0 Å². The van der Waals surface area contributed by atoms with Crippen LogP contribution in [0.5, 0.6) is 0 Å². The standard InChI is InChI=1S/C15H14BrN3O2/c1-10(19-8-2-3-11(9-19)14(17)20)15(21)18-13-6-4-12(16)5-7-13/h2-10H,1H3,(H2-,17,18,20,21)/p+1/t10-/m0/s1. The summed E-state index contributed by atoms with van der Waals surface area (Å²) in [6.45, 7) is 1.75. The summed E-state index contributed by atoms with van der Waals surface area (Å²) < 4.78 is 2.59. The van der Waals surface area contributed by atoms with E-state index in [1.54, 1.807) is 48.1 Å². The molecule has 0 saturated heterocycles. The Balaban J connectivity index is 2.13. The number of primary amides is 1. The summed E-state index contributed by atoms with van der Waals surface area (Å²) in [5.74, 6) is -0.700. The number of pyridine rings is 1. The summed E-state index contributed by atoms with van der Waals surface area (Å²) in [7, 11) is 0. The molecule has 1 aromatic heterocycles. The van der Waals surface area contributed by atoms with Gasteiger partial charge in [0.2, 0.25) is 6.04 Å². The first-order valence-corrected chi connectivity index (χ1v) is 7.13. The highest BCUT2D eigenvalue weighted by atomic mass is 79.9. The average Bonchev–Trinajstić information content (AvgIpc) is 2.49. The average molecular weight is 349 g/mol. The maximum Gasteiger partial charge on any atom is 0.293 e. The molecule has 108 valence electrons. The third-order valence-corrected chi connectivity index (χ3v) is 3.57. The van der Waals surface area contributed by atoms with E-state index in [2.05, 4.69) is 21.2 Å². The molecule has 2 amide bonds. The first-order valence-electron chi connectivity index (χ1n) is 6.34. The molecule has 0 aliphatic heterocycles. The highest BCUT2D eigenvalue weighted by Crippen LogP contribution is 2.14. The van der Waals surface area contributed by atoms with Gasteiger partial charge in [0.05, 0.1) is 0 Å². The number of aromatic nitrogens is 1. The molecule has 0 fully saturated rings. The number of halogens is 1. The Hall–Kier alpha value is -2.21. The van der Waals surface area contributed by atoms with E-state index >= 15 is 0 Å². The summed E-state index contributed by atoms with van der Waals surface area (Å²) in [4.78, 5) is 23.4. The van der Waals surface area contributed by atoms with Gasteiger partial charge in [0.25, 0.3) is 11.8 Å². The van der Waals surface area contributed by atoms with Gasteiger partial charge in [-0.25, -0.2) is 0 Å². The topological polar surface area (TPSA) is 76.1 Å². The van der Waals surface area contributed by atoms with Crippen LogP contribution in [0.15, 0.2) is 53.3 Å². The lowest BCUT2D eigenvalue weighted by atomic mass is 10.2.